The van der Waals surface area contributed by atoms with Crippen LogP contribution in [0.3, 0.4) is 0 Å². The van der Waals surface area contributed by atoms with E-state index < -0.39 is 0 Å². The lowest BCUT2D eigenvalue weighted by atomic mass is 10.2. The number of H-pyrrole nitrogens is 1. The summed E-state index contributed by atoms with van der Waals surface area (Å²) in [5, 5.41) is 4.24. The van der Waals surface area contributed by atoms with E-state index in [0.29, 0.717) is 0 Å². The number of para-hydroxylation sites is 1. The molecule has 1 aromatic carbocycles. The Morgan fingerprint density at radius 1 is 1.06 bits per heavy atom. The minimum atomic E-state index is -0.302. The van der Waals surface area contributed by atoms with Gasteiger partial charge in [-0.15, -0.1) is 0 Å². The molecule has 2 N–H and O–H groups in total. The lowest BCUT2D eigenvalue weighted by Gasteiger charge is -2.08. The van der Waals surface area contributed by atoms with E-state index in [1.54, 1.807) is 6.20 Å². The summed E-state index contributed by atoms with van der Waals surface area (Å²) in [6.07, 6.45) is 5.78. The monoisotopic (exact) mass is 231 g/mol. The lowest BCUT2D eigenvalue weighted by molar-refractivity contribution is 0.520. The summed E-state index contributed by atoms with van der Waals surface area (Å²) in [6.45, 7) is 2.50. The molecule has 0 saturated carbocycles. The van der Waals surface area contributed by atoms with Gasteiger partial charge in [0.25, 0.3) is 0 Å². The van der Waals surface area contributed by atoms with E-state index in [0.717, 1.165) is 10.9 Å². The summed E-state index contributed by atoms with van der Waals surface area (Å²) in [5.41, 5.74) is 0.524. The van der Waals surface area contributed by atoms with E-state index in [1.807, 2.05) is 24.3 Å². The maximum absolute atomic E-state index is 10.7. The van der Waals surface area contributed by atoms with Crippen molar-refractivity contribution in [1.29, 1.82) is 0 Å². The molecule has 0 atom stereocenters. The number of aromatic nitrogens is 2. The third-order valence-corrected chi connectivity index (χ3v) is 2.73. The van der Waals surface area contributed by atoms with Crippen LogP contribution < -0.4 is 11.0 Å². The minimum absolute atomic E-state index is 0.302. The predicted octanol–water partition coefficient (Wildman–Crippen LogP) is 1.68. The van der Waals surface area contributed by atoms with Crippen LogP contribution in [0, 0.1) is 0 Å². The standard InChI is InChI=1S/C8H6N2O.C5H11N/c11-8-9-5-6-3-1-2-4-7(6)10-8;1-2-4-6-5-3-1/h1-5H,(H,9,10,11);6H,1-5H2. The normalized spacial score (nSPS) is 15.1. The Labute approximate surface area is 100 Å². The van der Waals surface area contributed by atoms with Gasteiger partial charge >= 0.3 is 5.69 Å². The van der Waals surface area contributed by atoms with E-state index in [9.17, 15) is 4.79 Å². The molecule has 2 aromatic rings. The highest BCUT2D eigenvalue weighted by atomic mass is 16.1. The van der Waals surface area contributed by atoms with E-state index in [2.05, 4.69) is 15.3 Å². The van der Waals surface area contributed by atoms with Crippen molar-refractivity contribution in [3.8, 4) is 0 Å². The van der Waals surface area contributed by atoms with Crippen LogP contribution in [0.25, 0.3) is 10.9 Å². The van der Waals surface area contributed by atoms with Gasteiger partial charge in [-0.3, -0.25) is 0 Å². The molecule has 90 valence electrons. The SMILES string of the molecule is C1CCNCC1.O=c1ncc2ccccc2[nH]1. The van der Waals surface area contributed by atoms with Gasteiger partial charge in [-0.1, -0.05) is 24.6 Å². The second kappa shape index (κ2) is 6.15. The molecule has 1 fully saturated rings. The van der Waals surface area contributed by atoms with Crippen LogP contribution >= 0.6 is 0 Å². The summed E-state index contributed by atoms with van der Waals surface area (Å²) in [5.74, 6) is 0. The van der Waals surface area contributed by atoms with Gasteiger partial charge in [0.1, 0.15) is 0 Å². The highest BCUT2D eigenvalue weighted by molar-refractivity contribution is 5.76. The molecule has 1 aliphatic rings. The zero-order valence-electron chi connectivity index (χ0n) is 9.78. The van der Waals surface area contributed by atoms with Crippen molar-refractivity contribution in [2.24, 2.45) is 0 Å². The summed E-state index contributed by atoms with van der Waals surface area (Å²) >= 11 is 0. The van der Waals surface area contributed by atoms with Gasteiger partial charge in [0.05, 0.1) is 5.52 Å². The molecule has 17 heavy (non-hydrogen) atoms. The Kier molecular flexibility index (Phi) is 4.27. The quantitative estimate of drug-likeness (QED) is 0.725. The third kappa shape index (κ3) is 3.67. The van der Waals surface area contributed by atoms with Crippen molar-refractivity contribution in [1.82, 2.24) is 15.3 Å². The van der Waals surface area contributed by atoms with Gasteiger partial charge in [0, 0.05) is 11.6 Å². The third-order valence-electron chi connectivity index (χ3n) is 2.73. The zero-order valence-corrected chi connectivity index (χ0v) is 9.78. The molecular formula is C13H17N3O. The average Bonchev–Trinajstić information content (AvgIpc) is 2.41. The van der Waals surface area contributed by atoms with Crippen LogP contribution in [0.4, 0.5) is 0 Å². The highest BCUT2D eigenvalue weighted by Crippen LogP contribution is 2.05. The van der Waals surface area contributed by atoms with Crippen molar-refractivity contribution in [2.75, 3.05) is 13.1 Å². The van der Waals surface area contributed by atoms with Crippen molar-refractivity contribution in [2.45, 2.75) is 19.3 Å². The van der Waals surface area contributed by atoms with E-state index in [1.165, 1.54) is 32.4 Å². The molecule has 3 rings (SSSR count). The van der Waals surface area contributed by atoms with Crippen LogP contribution in [-0.4, -0.2) is 23.1 Å². The van der Waals surface area contributed by atoms with Crippen LogP contribution in [-0.2, 0) is 0 Å². The van der Waals surface area contributed by atoms with Crippen LogP contribution in [0.1, 0.15) is 19.3 Å². The Hall–Kier alpha value is -1.68. The van der Waals surface area contributed by atoms with Crippen LogP contribution in [0.15, 0.2) is 35.3 Å². The number of piperidine rings is 1. The molecule has 1 saturated heterocycles. The number of benzene rings is 1. The lowest BCUT2D eigenvalue weighted by Crippen LogP contribution is -2.21. The topological polar surface area (TPSA) is 57.8 Å². The Morgan fingerprint density at radius 2 is 1.82 bits per heavy atom. The van der Waals surface area contributed by atoms with Crippen molar-refractivity contribution >= 4 is 10.9 Å². The summed E-state index contributed by atoms with van der Waals surface area (Å²) in [6, 6.07) is 7.53. The van der Waals surface area contributed by atoms with Gasteiger partial charge < -0.3 is 10.3 Å². The molecule has 4 nitrogen and oxygen atoms in total. The second-order valence-electron chi connectivity index (χ2n) is 4.09. The summed E-state index contributed by atoms with van der Waals surface area (Å²) in [4.78, 5) is 16.9. The molecular weight excluding hydrogens is 214 g/mol. The number of fused-ring (bicyclic) bond motifs is 1. The first kappa shape index (κ1) is 11.8. The highest BCUT2D eigenvalue weighted by Gasteiger charge is 1.93. The van der Waals surface area contributed by atoms with Gasteiger partial charge in [-0.05, 0) is 32.0 Å². The Morgan fingerprint density at radius 3 is 2.47 bits per heavy atom. The largest absolute Gasteiger partial charge is 0.345 e. The molecule has 0 bridgehead atoms. The molecule has 0 radical (unpaired) electrons. The molecule has 0 unspecified atom stereocenters. The molecule has 4 heteroatoms. The average molecular weight is 231 g/mol. The fourth-order valence-corrected chi connectivity index (χ4v) is 1.80. The number of hydrogen-bond acceptors (Lipinski definition) is 3. The van der Waals surface area contributed by atoms with Crippen molar-refractivity contribution in [3.63, 3.8) is 0 Å². The van der Waals surface area contributed by atoms with E-state index in [-0.39, 0.29) is 5.69 Å². The summed E-state index contributed by atoms with van der Waals surface area (Å²) in [7, 11) is 0. The molecule has 1 aromatic heterocycles. The first-order chi connectivity index (χ1) is 8.36. The number of nitrogens with zero attached hydrogens (tertiary/aromatic N) is 1. The van der Waals surface area contributed by atoms with Gasteiger partial charge in [-0.25, -0.2) is 9.78 Å². The molecule has 0 aliphatic carbocycles. The fourth-order valence-electron chi connectivity index (χ4n) is 1.80. The Bertz CT molecular complexity index is 506. The maximum Gasteiger partial charge on any atom is 0.345 e. The maximum atomic E-state index is 10.7. The molecule has 0 spiro atoms. The van der Waals surface area contributed by atoms with Gasteiger partial charge in [-0.2, -0.15) is 0 Å². The first-order valence-electron chi connectivity index (χ1n) is 6.01. The molecule has 1 aliphatic heterocycles. The number of rotatable bonds is 0. The van der Waals surface area contributed by atoms with Gasteiger partial charge in [0.2, 0.25) is 0 Å². The smallest absolute Gasteiger partial charge is 0.317 e. The zero-order chi connectivity index (χ0) is 11.9. The van der Waals surface area contributed by atoms with E-state index in [4.69, 9.17) is 0 Å². The molecule has 2 heterocycles. The van der Waals surface area contributed by atoms with Crippen molar-refractivity contribution in [3.05, 3.63) is 40.9 Å². The first-order valence-corrected chi connectivity index (χ1v) is 6.01. The number of aromatic amines is 1. The fraction of sp³-hybridized carbons (Fsp3) is 0.385. The predicted molar refractivity (Wildman–Crippen MR) is 69.1 cm³/mol. The van der Waals surface area contributed by atoms with Crippen LogP contribution in [0.5, 0.6) is 0 Å². The van der Waals surface area contributed by atoms with Gasteiger partial charge in [0.15, 0.2) is 0 Å². The van der Waals surface area contributed by atoms with Crippen LogP contribution in [0.2, 0.25) is 0 Å². The van der Waals surface area contributed by atoms with Crippen molar-refractivity contribution < 1.29 is 0 Å². The second-order valence-corrected chi connectivity index (χ2v) is 4.09. The molecule has 0 amide bonds. The number of hydrogen-bond donors (Lipinski definition) is 2. The summed E-state index contributed by atoms with van der Waals surface area (Å²) < 4.78 is 0. The number of nitrogens with one attached hydrogen (secondary N) is 2. The minimum Gasteiger partial charge on any atom is -0.317 e. The van der Waals surface area contributed by atoms with E-state index >= 15 is 0 Å². The Balaban J connectivity index is 0.000000153.